The molecule has 1 nitrogen and oxygen atoms in total. The van der Waals surface area contributed by atoms with Gasteiger partial charge in [-0.2, -0.15) is 0 Å². The van der Waals surface area contributed by atoms with Gasteiger partial charge in [0.2, 0.25) is 0 Å². The zero-order chi connectivity index (χ0) is 21.3. The number of rotatable bonds is 4. The third kappa shape index (κ3) is 4.23. The van der Waals surface area contributed by atoms with Crippen molar-refractivity contribution >= 4 is 17.5 Å². The minimum Gasteiger partial charge on any atom is -0.261 e. The molecule has 3 atom stereocenters. The minimum absolute atomic E-state index is 0.209. The highest BCUT2D eigenvalue weighted by atomic mass is 19.1. The lowest BCUT2D eigenvalue weighted by atomic mass is 9.74. The summed E-state index contributed by atoms with van der Waals surface area (Å²) in [5.41, 5.74) is 1.90. The highest BCUT2D eigenvalue weighted by molar-refractivity contribution is 5.81. The molecule has 1 aromatic carbocycles. The average molecular weight is 412 g/mol. The standard InChI is InChI=1S/C26H28F3N/c1-3-17-4-6-18(7-5-17)20-9-11-26(30-15-20)19-8-10-22(25(29)12-19)21-13-23(27)16(2)24(28)14-21/h3,8,10-18,20,23H,1,4-7,9H2,2H3. The van der Waals surface area contributed by atoms with Crippen molar-refractivity contribution < 1.29 is 13.2 Å². The highest BCUT2D eigenvalue weighted by Crippen LogP contribution is 2.38. The predicted octanol–water partition coefficient (Wildman–Crippen LogP) is 7.47. The first kappa shape index (κ1) is 20.9. The monoisotopic (exact) mass is 411 g/mol. The van der Waals surface area contributed by atoms with Crippen LogP contribution in [-0.2, 0) is 0 Å². The first-order chi connectivity index (χ1) is 14.5. The largest absolute Gasteiger partial charge is 0.261 e. The van der Waals surface area contributed by atoms with E-state index in [-0.39, 0.29) is 11.1 Å². The maximum Gasteiger partial charge on any atom is 0.131 e. The number of halogens is 3. The Morgan fingerprint density at radius 1 is 1.13 bits per heavy atom. The number of hydrogen-bond donors (Lipinski definition) is 0. The van der Waals surface area contributed by atoms with Crippen LogP contribution in [0.25, 0.3) is 11.3 Å². The van der Waals surface area contributed by atoms with Gasteiger partial charge in [0.25, 0.3) is 0 Å². The topological polar surface area (TPSA) is 12.4 Å². The summed E-state index contributed by atoms with van der Waals surface area (Å²) < 4.78 is 42.7. The molecular formula is C26H28F3N. The fourth-order valence-corrected chi connectivity index (χ4v) is 4.72. The van der Waals surface area contributed by atoms with E-state index < -0.39 is 23.7 Å². The first-order valence-electron chi connectivity index (χ1n) is 10.9. The number of hydrogen-bond acceptors (Lipinski definition) is 1. The molecule has 1 saturated carbocycles. The smallest absolute Gasteiger partial charge is 0.131 e. The molecule has 1 aromatic rings. The van der Waals surface area contributed by atoms with Gasteiger partial charge in [0, 0.05) is 29.2 Å². The van der Waals surface area contributed by atoms with Gasteiger partial charge in [0.1, 0.15) is 17.8 Å². The molecule has 2 aliphatic carbocycles. The van der Waals surface area contributed by atoms with E-state index in [1.165, 1.54) is 50.8 Å². The molecule has 0 spiro atoms. The molecule has 3 aliphatic rings. The van der Waals surface area contributed by atoms with Gasteiger partial charge in [0.15, 0.2) is 0 Å². The number of allylic oxidation sites excluding steroid dienone is 6. The number of benzene rings is 1. The summed E-state index contributed by atoms with van der Waals surface area (Å²) in [5.74, 6) is -0.141. The van der Waals surface area contributed by atoms with Crippen molar-refractivity contribution in [3.8, 4) is 0 Å². The average Bonchev–Trinajstić information content (AvgIpc) is 2.77. The van der Waals surface area contributed by atoms with Gasteiger partial charge in [-0.1, -0.05) is 31.2 Å². The van der Waals surface area contributed by atoms with E-state index in [1.54, 1.807) is 12.1 Å². The summed E-state index contributed by atoms with van der Waals surface area (Å²) in [5, 5.41) is 0. The van der Waals surface area contributed by atoms with E-state index in [4.69, 9.17) is 0 Å². The summed E-state index contributed by atoms with van der Waals surface area (Å²) in [6.45, 7) is 5.39. The molecule has 158 valence electrons. The molecule has 0 N–H and O–H groups in total. The van der Waals surface area contributed by atoms with Gasteiger partial charge >= 0.3 is 0 Å². The Labute approximate surface area is 176 Å². The lowest BCUT2D eigenvalue weighted by Crippen LogP contribution is -2.23. The van der Waals surface area contributed by atoms with Crippen LogP contribution in [0, 0.1) is 29.5 Å². The van der Waals surface area contributed by atoms with Crippen LogP contribution in [0.4, 0.5) is 13.2 Å². The second kappa shape index (κ2) is 8.79. The second-order valence-electron chi connectivity index (χ2n) is 8.76. The minimum atomic E-state index is -1.45. The molecule has 0 saturated heterocycles. The van der Waals surface area contributed by atoms with E-state index in [9.17, 15) is 13.2 Å². The van der Waals surface area contributed by atoms with E-state index in [0.29, 0.717) is 23.3 Å². The lowest BCUT2D eigenvalue weighted by Gasteiger charge is -2.31. The molecule has 4 rings (SSSR count). The lowest BCUT2D eigenvalue weighted by molar-refractivity contribution is 0.267. The van der Waals surface area contributed by atoms with Crippen molar-refractivity contribution in [3.63, 3.8) is 0 Å². The Bertz CT molecular complexity index is 932. The van der Waals surface area contributed by atoms with E-state index in [1.807, 2.05) is 6.21 Å². The molecule has 3 unspecified atom stereocenters. The highest BCUT2D eigenvalue weighted by Gasteiger charge is 2.27. The maximum absolute atomic E-state index is 14.8. The molecule has 0 radical (unpaired) electrons. The van der Waals surface area contributed by atoms with Crippen molar-refractivity contribution in [2.45, 2.75) is 45.2 Å². The molecule has 0 bridgehead atoms. The molecule has 30 heavy (non-hydrogen) atoms. The molecular weight excluding hydrogens is 383 g/mol. The third-order valence-corrected chi connectivity index (χ3v) is 6.86. The SMILES string of the molecule is C=CC1CCC(C2C=NC(c3ccc(C4=CC(F)C(C)C(F)=C4)c(F)c3)=CC2)CC1. The van der Waals surface area contributed by atoms with E-state index in [0.717, 1.165) is 12.1 Å². The number of aliphatic imine (C=N–C) groups is 1. The fraction of sp³-hybridized carbons (Fsp3) is 0.423. The Morgan fingerprint density at radius 2 is 1.90 bits per heavy atom. The van der Waals surface area contributed by atoms with Crippen molar-refractivity contribution in [2.24, 2.45) is 28.7 Å². The zero-order valence-corrected chi connectivity index (χ0v) is 17.3. The van der Waals surface area contributed by atoms with Gasteiger partial charge in [-0.05, 0) is 67.7 Å². The van der Waals surface area contributed by atoms with Gasteiger partial charge in [-0.25, -0.2) is 13.2 Å². The van der Waals surface area contributed by atoms with Crippen LogP contribution in [0.15, 0.2) is 59.9 Å². The van der Waals surface area contributed by atoms with Crippen molar-refractivity contribution in [1.29, 1.82) is 0 Å². The Hall–Kier alpha value is -2.36. The van der Waals surface area contributed by atoms with E-state index in [2.05, 4.69) is 23.7 Å². The van der Waals surface area contributed by atoms with Crippen LogP contribution in [0.1, 0.15) is 50.2 Å². The quantitative estimate of drug-likeness (QED) is 0.456. The van der Waals surface area contributed by atoms with Crippen molar-refractivity contribution in [1.82, 2.24) is 0 Å². The van der Waals surface area contributed by atoms with Crippen LogP contribution in [0.3, 0.4) is 0 Å². The second-order valence-corrected chi connectivity index (χ2v) is 8.76. The van der Waals surface area contributed by atoms with Crippen LogP contribution >= 0.6 is 0 Å². The maximum atomic E-state index is 14.8. The Kier molecular flexibility index (Phi) is 6.12. The summed E-state index contributed by atoms with van der Waals surface area (Å²) in [7, 11) is 0. The summed E-state index contributed by atoms with van der Waals surface area (Å²) in [6.07, 6.45) is 13.0. The van der Waals surface area contributed by atoms with Gasteiger partial charge in [0.05, 0.1) is 5.70 Å². The molecule has 4 heteroatoms. The third-order valence-electron chi connectivity index (χ3n) is 6.86. The molecule has 1 aliphatic heterocycles. The van der Waals surface area contributed by atoms with Gasteiger partial charge in [-0.15, -0.1) is 6.58 Å². The van der Waals surface area contributed by atoms with Gasteiger partial charge in [-0.3, -0.25) is 4.99 Å². The first-order valence-corrected chi connectivity index (χ1v) is 10.9. The Balaban J connectivity index is 1.46. The normalized spacial score (nSPS) is 31.6. The van der Waals surface area contributed by atoms with Gasteiger partial charge < -0.3 is 0 Å². The van der Waals surface area contributed by atoms with Crippen LogP contribution in [0.2, 0.25) is 0 Å². The summed E-state index contributed by atoms with van der Waals surface area (Å²) in [4.78, 5) is 4.62. The molecule has 1 heterocycles. The zero-order valence-electron chi connectivity index (χ0n) is 17.3. The van der Waals surface area contributed by atoms with Crippen molar-refractivity contribution in [2.75, 3.05) is 0 Å². The van der Waals surface area contributed by atoms with Crippen molar-refractivity contribution in [3.05, 3.63) is 71.9 Å². The number of nitrogens with zero attached hydrogens (tertiary/aromatic N) is 1. The molecule has 1 fully saturated rings. The molecule has 0 aromatic heterocycles. The van der Waals surface area contributed by atoms with Crippen LogP contribution < -0.4 is 0 Å². The van der Waals surface area contributed by atoms with E-state index >= 15 is 0 Å². The van der Waals surface area contributed by atoms with Crippen LogP contribution in [-0.4, -0.2) is 12.4 Å². The summed E-state index contributed by atoms with van der Waals surface area (Å²) >= 11 is 0. The molecule has 0 amide bonds. The fourth-order valence-electron chi connectivity index (χ4n) is 4.72. The predicted molar refractivity (Wildman–Crippen MR) is 118 cm³/mol. The Morgan fingerprint density at radius 3 is 2.50 bits per heavy atom. The summed E-state index contributed by atoms with van der Waals surface area (Å²) in [6, 6.07) is 4.77. The number of alkyl halides is 1. The van der Waals surface area contributed by atoms with Crippen LogP contribution in [0.5, 0.6) is 0 Å².